The largest absolute Gasteiger partial charge is 0.389 e. The molecule has 0 aromatic carbocycles. The predicted molar refractivity (Wildman–Crippen MR) is 46.3 cm³/mol. The van der Waals surface area contributed by atoms with E-state index in [1.165, 1.54) is 0 Å². The molecule has 1 rings (SSSR count). The molecule has 0 atom stereocenters. The van der Waals surface area contributed by atoms with E-state index in [0.717, 1.165) is 25.7 Å². The molecule has 0 saturated heterocycles. The molecule has 0 aliphatic heterocycles. The molecule has 0 amide bonds. The summed E-state index contributed by atoms with van der Waals surface area (Å²) in [5, 5.41) is 9.79. The van der Waals surface area contributed by atoms with E-state index >= 15 is 0 Å². The highest BCUT2D eigenvalue weighted by Gasteiger charge is 2.35. The average molecular weight is 157 g/mol. The van der Waals surface area contributed by atoms with Crippen molar-refractivity contribution >= 4 is 0 Å². The van der Waals surface area contributed by atoms with Gasteiger partial charge in [-0.2, -0.15) is 0 Å². The van der Waals surface area contributed by atoms with E-state index in [2.05, 4.69) is 13.8 Å². The Bertz CT molecular complexity index is 132. The smallest absolute Gasteiger partial charge is 0.0769 e. The summed E-state index contributed by atoms with van der Waals surface area (Å²) in [4.78, 5) is 0. The molecule has 1 aliphatic carbocycles. The van der Waals surface area contributed by atoms with Crippen molar-refractivity contribution in [1.82, 2.24) is 0 Å². The third-order valence-corrected chi connectivity index (χ3v) is 2.91. The zero-order chi connectivity index (χ0) is 8.54. The van der Waals surface area contributed by atoms with Gasteiger partial charge in [-0.3, -0.25) is 0 Å². The maximum Gasteiger partial charge on any atom is 0.0769 e. The van der Waals surface area contributed by atoms with Crippen LogP contribution in [0.2, 0.25) is 0 Å². The summed E-state index contributed by atoms with van der Waals surface area (Å²) in [5.41, 5.74) is 5.35. The van der Waals surface area contributed by atoms with Crippen molar-refractivity contribution in [2.24, 2.45) is 11.1 Å². The number of aliphatic hydroxyl groups is 1. The van der Waals surface area contributed by atoms with Crippen LogP contribution in [-0.4, -0.2) is 17.3 Å². The Kier molecular flexibility index (Phi) is 2.26. The molecule has 1 saturated carbocycles. The molecule has 0 radical (unpaired) electrons. The van der Waals surface area contributed by atoms with Gasteiger partial charge in [0.05, 0.1) is 5.60 Å². The quantitative estimate of drug-likeness (QED) is 0.602. The normalized spacial score (nSPS) is 28.4. The second kappa shape index (κ2) is 2.76. The minimum Gasteiger partial charge on any atom is -0.389 e. The van der Waals surface area contributed by atoms with Gasteiger partial charge in [0, 0.05) is 6.54 Å². The Balaban J connectivity index is 2.48. The van der Waals surface area contributed by atoms with E-state index in [-0.39, 0.29) is 0 Å². The lowest BCUT2D eigenvalue weighted by Crippen LogP contribution is -2.42. The predicted octanol–water partition coefficient (Wildman–Crippen LogP) is 1.28. The van der Waals surface area contributed by atoms with Gasteiger partial charge in [0.25, 0.3) is 0 Å². The highest BCUT2D eigenvalue weighted by Crippen LogP contribution is 2.39. The second-order valence-electron chi connectivity index (χ2n) is 4.59. The summed E-state index contributed by atoms with van der Waals surface area (Å²) in [7, 11) is 0. The molecule has 1 fully saturated rings. The van der Waals surface area contributed by atoms with Crippen molar-refractivity contribution in [3.8, 4) is 0 Å². The van der Waals surface area contributed by atoms with E-state index in [0.29, 0.717) is 12.0 Å². The van der Waals surface area contributed by atoms with Crippen LogP contribution in [0.5, 0.6) is 0 Å². The molecule has 0 unspecified atom stereocenters. The molecular weight excluding hydrogens is 138 g/mol. The lowest BCUT2D eigenvalue weighted by atomic mass is 9.71. The Morgan fingerprint density at radius 1 is 1.18 bits per heavy atom. The maximum atomic E-state index is 9.79. The highest BCUT2D eigenvalue weighted by atomic mass is 16.3. The van der Waals surface area contributed by atoms with Gasteiger partial charge in [0.15, 0.2) is 0 Å². The number of hydrogen-bond acceptors (Lipinski definition) is 2. The SMILES string of the molecule is CC1(C)CCC(O)(CN)CC1. The van der Waals surface area contributed by atoms with Crippen molar-refractivity contribution in [2.45, 2.75) is 45.1 Å². The minimum absolute atomic E-state index is 0.418. The van der Waals surface area contributed by atoms with E-state index in [1.807, 2.05) is 0 Å². The number of rotatable bonds is 1. The van der Waals surface area contributed by atoms with Crippen LogP contribution in [0.25, 0.3) is 0 Å². The third-order valence-electron chi connectivity index (χ3n) is 2.91. The van der Waals surface area contributed by atoms with Crippen LogP contribution in [0, 0.1) is 5.41 Å². The van der Waals surface area contributed by atoms with Gasteiger partial charge >= 0.3 is 0 Å². The molecular formula is C9H19NO. The molecule has 0 bridgehead atoms. The van der Waals surface area contributed by atoms with E-state index in [1.54, 1.807) is 0 Å². The summed E-state index contributed by atoms with van der Waals surface area (Å²) in [6, 6.07) is 0. The molecule has 0 heterocycles. The number of nitrogens with two attached hydrogens (primary N) is 1. The first-order valence-electron chi connectivity index (χ1n) is 4.40. The molecule has 2 heteroatoms. The zero-order valence-electron chi connectivity index (χ0n) is 7.56. The molecule has 0 aromatic rings. The molecule has 11 heavy (non-hydrogen) atoms. The van der Waals surface area contributed by atoms with Crippen molar-refractivity contribution in [3.05, 3.63) is 0 Å². The van der Waals surface area contributed by atoms with E-state index in [4.69, 9.17) is 5.73 Å². The Morgan fingerprint density at radius 3 is 2.00 bits per heavy atom. The summed E-state index contributed by atoms with van der Waals surface area (Å²) >= 11 is 0. The maximum absolute atomic E-state index is 9.79. The lowest BCUT2D eigenvalue weighted by Gasteiger charge is -2.39. The van der Waals surface area contributed by atoms with Crippen LogP contribution in [0.3, 0.4) is 0 Å². The van der Waals surface area contributed by atoms with Gasteiger partial charge in [-0.25, -0.2) is 0 Å². The number of hydrogen-bond donors (Lipinski definition) is 2. The van der Waals surface area contributed by atoms with Crippen LogP contribution in [0.15, 0.2) is 0 Å². The van der Waals surface area contributed by atoms with Gasteiger partial charge < -0.3 is 10.8 Å². The standard InChI is InChI=1S/C9H19NO/c1-8(2)3-5-9(11,7-10)6-4-8/h11H,3-7,10H2,1-2H3. The van der Waals surface area contributed by atoms with Crippen molar-refractivity contribution in [2.75, 3.05) is 6.54 Å². The van der Waals surface area contributed by atoms with Gasteiger partial charge in [-0.1, -0.05) is 13.8 Å². The van der Waals surface area contributed by atoms with Crippen LogP contribution in [0.1, 0.15) is 39.5 Å². The summed E-state index contributed by atoms with van der Waals surface area (Å²) in [5.74, 6) is 0. The Labute approximate surface area is 68.8 Å². The Hall–Kier alpha value is -0.0800. The monoisotopic (exact) mass is 157 g/mol. The van der Waals surface area contributed by atoms with E-state index < -0.39 is 5.60 Å². The molecule has 0 aromatic heterocycles. The van der Waals surface area contributed by atoms with Crippen LogP contribution in [-0.2, 0) is 0 Å². The average Bonchev–Trinajstić information content (AvgIpc) is 1.97. The van der Waals surface area contributed by atoms with Gasteiger partial charge in [0.2, 0.25) is 0 Å². The minimum atomic E-state index is -0.546. The fourth-order valence-corrected chi connectivity index (χ4v) is 1.60. The molecule has 0 spiro atoms. The van der Waals surface area contributed by atoms with Crippen molar-refractivity contribution in [1.29, 1.82) is 0 Å². The Morgan fingerprint density at radius 2 is 1.64 bits per heavy atom. The fraction of sp³-hybridized carbons (Fsp3) is 1.00. The highest BCUT2D eigenvalue weighted by molar-refractivity contribution is 4.89. The van der Waals surface area contributed by atoms with Crippen LogP contribution >= 0.6 is 0 Å². The van der Waals surface area contributed by atoms with Crippen LogP contribution in [0.4, 0.5) is 0 Å². The van der Waals surface area contributed by atoms with Crippen molar-refractivity contribution in [3.63, 3.8) is 0 Å². The first-order valence-corrected chi connectivity index (χ1v) is 4.40. The summed E-state index contributed by atoms with van der Waals surface area (Å²) in [6.07, 6.45) is 3.94. The molecule has 1 aliphatic rings. The van der Waals surface area contributed by atoms with Crippen molar-refractivity contribution < 1.29 is 5.11 Å². The van der Waals surface area contributed by atoms with Gasteiger partial charge in [-0.05, 0) is 31.1 Å². The summed E-state index contributed by atoms with van der Waals surface area (Å²) in [6.45, 7) is 4.93. The lowest BCUT2D eigenvalue weighted by molar-refractivity contribution is -0.0178. The molecule has 66 valence electrons. The van der Waals surface area contributed by atoms with E-state index in [9.17, 15) is 5.11 Å². The topological polar surface area (TPSA) is 46.2 Å². The van der Waals surface area contributed by atoms with Crippen LogP contribution < -0.4 is 5.73 Å². The second-order valence-corrected chi connectivity index (χ2v) is 4.59. The zero-order valence-corrected chi connectivity index (χ0v) is 7.56. The summed E-state index contributed by atoms with van der Waals surface area (Å²) < 4.78 is 0. The third kappa shape index (κ3) is 2.17. The fourth-order valence-electron chi connectivity index (χ4n) is 1.60. The molecule has 2 nitrogen and oxygen atoms in total. The first kappa shape index (κ1) is 9.01. The molecule has 3 N–H and O–H groups in total. The van der Waals surface area contributed by atoms with Gasteiger partial charge in [0.1, 0.15) is 0 Å². The first-order chi connectivity index (χ1) is 4.97. The van der Waals surface area contributed by atoms with Gasteiger partial charge in [-0.15, -0.1) is 0 Å².